The van der Waals surface area contributed by atoms with Crippen molar-refractivity contribution in [3.63, 3.8) is 0 Å². The SMILES string of the molecule is O=CC=Cc1cccc(OC2CCCCO2)c1. The van der Waals surface area contributed by atoms with Crippen LogP contribution in [-0.2, 0) is 9.53 Å². The van der Waals surface area contributed by atoms with E-state index in [0.29, 0.717) is 0 Å². The molecule has 3 heteroatoms. The Morgan fingerprint density at radius 3 is 3.06 bits per heavy atom. The number of benzene rings is 1. The van der Waals surface area contributed by atoms with Gasteiger partial charge in [0.15, 0.2) is 6.29 Å². The second kappa shape index (κ2) is 6.21. The Kier molecular flexibility index (Phi) is 4.33. The second-order valence-electron chi connectivity index (χ2n) is 3.98. The summed E-state index contributed by atoms with van der Waals surface area (Å²) in [6, 6.07) is 7.63. The molecule has 17 heavy (non-hydrogen) atoms. The molecule has 0 amide bonds. The third kappa shape index (κ3) is 3.71. The standard InChI is InChI=1S/C14H16O3/c15-9-4-6-12-5-3-7-13(11-12)17-14-8-1-2-10-16-14/h3-7,9,11,14H,1-2,8,10H2. The van der Waals surface area contributed by atoms with Gasteiger partial charge in [0.05, 0.1) is 6.61 Å². The zero-order chi connectivity index (χ0) is 11.9. The third-order valence-corrected chi connectivity index (χ3v) is 2.63. The number of hydrogen-bond acceptors (Lipinski definition) is 3. The maximum atomic E-state index is 10.2. The van der Waals surface area contributed by atoms with Crippen LogP contribution in [0.1, 0.15) is 24.8 Å². The van der Waals surface area contributed by atoms with Crippen LogP contribution in [0, 0.1) is 0 Å². The lowest BCUT2D eigenvalue weighted by Crippen LogP contribution is -2.24. The monoisotopic (exact) mass is 232 g/mol. The van der Waals surface area contributed by atoms with Crippen LogP contribution in [0.15, 0.2) is 30.3 Å². The molecule has 90 valence electrons. The van der Waals surface area contributed by atoms with Crippen molar-refractivity contribution in [3.05, 3.63) is 35.9 Å². The Labute approximate surface area is 101 Å². The van der Waals surface area contributed by atoms with Crippen LogP contribution < -0.4 is 4.74 Å². The lowest BCUT2D eigenvalue weighted by Gasteiger charge is -2.23. The van der Waals surface area contributed by atoms with Gasteiger partial charge in [-0.1, -0.05) is 18.2 Å². The van der Waals surface area contributed by atoms with Crippen LogP contribution in [0.2, 0.25) is 0 Å². The van der Waals surface area contributed by atoms with E-state index in [2.05, 4.69) is 0 Å². The van der Waals surface area contributed by atoms with Gasteiger partial charge in [-0.15, -0.1) is 0 Å². The topological polar surface area (TPSA) is 35.5 Å². The molecule has 3 nitrogen and oxygen atoms in total. The van der Waals surface area contributed by atoms with Crippen LogP contribution in [-0.4, -0.2) is 19.2 Å². The lowest BCUT2D eigenvalue weighted by molar-refractivity contribution is -0.106. The van der Waals surface area contributed by atoms with E-state index >= 15 is 0 Å². The van der Waals surface area contributed by atoms with Crippen LogP contribution in [0.5, 0.6) is 5.75 Å². The van der Waals surface area contributed by atoms with Crippen LogP contribution in [0.25, 0.3) is 6.08 Å². The summed E-state index contributed by atoms with van der Waals surface area (Å²) < 4.78 is 11.2. The molecule has 1 saturated heterocycles. The van der Waals surface area contributed by atoms with Gasteiger partial charge in [-0.05, 0) is 36.6 Å². The maximum absolute atomic E-state index is 10.2. The molecule has 0 aliphatic carbocycles. The highest BCUT2D eigenvalue weighted by molar-refractivity contribution is 5.74. The van der Waals surface area contributed by atoms with Gasteiger partial charge in [0.1, 0.15) is 12.0 Å². The Balaban J connectivity index is 1.99. The average Bonchev–Trinajstić information content (AvgIpc) is 2.38. The first-order valence-corrected chi connectivity index (χ1v) is 5.88. The summed E-state index contributed by atoms with van der Waals surface area (Å²) in [5, 5.41) is 0. The first-order chi connectivity index (χ1) is 8.38. The minimum Gasteiger partial charge on any atom is -0.465 e. The van der Waals surface area contributed by atoms with E-state index in [9.17, 15) is 4.79 Å². The molecule has 0 N–H and O–H groups in total. The summed E-state index contributed by atoms with van der Waals surface area (Å²) in [7, 11) is 0. The molecule has 1 atom stereocenters. The highest BCUT2D eigenvalue weighted by Crippen LogP contribution is 2.20. The molecule has 1 aliphatic rings. The van der Waals surface area contributed by atoms with Gasteiger partial charge in [0, 0.05) is 6.42 Å². The summed E-state index contributed by atoms with van der Waals surface area (Å²) >= 11 is 0. The highest BCUT2D eigenvalue weighted by atomic mass is 16.7. The first-order valence-electron chi connectivity index (χ1n) is 5.88. The summed E-state index contributed by atoms with van der Waals surface area (Å²) in [5.41, 5.74) is 0.949. The van der Waals surface area contributed by atoms with Gasteiger partial charge < -0.3 is 9.47 Å². The van der Waals surface area contributed by atoms with E-state index in [1.807, 2.05) is 24.3 Å². The fourth-order valence-electron chi connectivity index (χ4n) is 1.80. The lowest BCUT2D eigenvalue weighted by atomic mass is 10.2. The number of carbonyl (C=O) groups is 1. The zero-order valence-electron chi connectivity index (χ0n) is 9.67. The second-order valence-corrected chi connectivity index (χ2v) is 3.98. The molecule has 1 aromatic carbocycles. The molecule has 1 aromatic rings. The minimum absolute atomic E-state index is 0.131. The third-order valence-electron chi connectivity index (χ3n) is 2.63. The molecule has 0 bridgehead atoms. The van der Waals surface area contributed by atoms with E-state index in [4.69, 9.17) is 9.47 Å². The van der Waals surface area contributed by atoms with Gasteiger partial charge in [-0.2, -0.15) is 0 Å². The number of carbonyl (C=O) groups excluding carboxylic acids is 1. The zero-order valence-corrected chi connectivity index (χ0v) is 9.67. The summed E-state index contributed by atoms with van der Waals surface area (Å²) in [6.07, 6.45) is 7.05. The molecule has 1 aliphatic heterocycles. The normalized spacial score (nSPS) is 20.4. The van der Waals surface area contributed by atoms with E-state index in [1.54, 1.807) is 6.08 Å². The molecule has 0 saturated carbocycles. The van der Waals surface area contributed by atoms with E-state index in [-0.39, 0.29) is 6.29 Å². The molecular formula is C14H16O3. The quantitative estimate of drug-likeness (QED) is 0.591. The van der Waals surface area contributed by atoms with Crippen molar-refractivity contribution in [2.24, 2.45) is 0 Å². The molecule has 2 rings (SSSR count). The molecule has 0 radical (unpaired) electrons. The van der Waals surface area contributed by atoms with Gasteiger partial charge in [-0.3, -0.25) is 4.79 Å². The number of rotatable bonds is 4. The predicted molar refractivity (Wildman–Crippen MR) is 65.8 cm³/mol. The van der Waals surface area contributed by atoms with E-state index in [1.165, 1.54) is 6.08 Å². The van der Waals surface area contributed by atoms with Gasteiger partial charge in [0.2, 0.25) is 0 Å². The molecule has 1 heterocycles. The molecule has 1 fully saturated rings. The van der Waals surface area contributed by atoms with Crippen molar-refractivity contribution < 1.29 is 14.3 Å². The molecule has 0 aromatic heterocycles. The molecule has 1 unspecified atom stereocenters. The van der Waals surface area contributed by atoms with Crippen LogP contribution in [0.3, 0.4) is 0 Å². The van der Waals surface area contributed by atoms with E-state index in [0.717, 1.165) is 43.5 Å². The largest absolute Gasteiger partial charge is 0.465 e. The van der Waals surface area contributed by atoms with Crippen molar-refractivity contribution in [2.75, 3.05) is 6.61 Å². The van der Waals surface area contributed by atoms with Crippen LogP contribution >= 0.6 is 0 Å². The van der Waals surface area contributed by atoms with Crippen molar-refractivity contribution in [1.29, 1.82) is 0 Å². The molecule has 0 spiro atoms. The first kappa shape index (κ1) is 11.9. The number of ether oxygens (including phenoxy) is 2. The fraction of sp³-hybridized carbons (Fsp3) is 0.357. The Morgan fingerprint density at radius 2 is 2.29 bits per heavy atom. The Bertz CT molecular complexity index is 392. The van der Waals surface area contributed by atoms with E-state index < -0.39 is 0 Å². The summed E-state index contributed by atoms with van der Waals surface area (Å²) in [5.74, 6) is 0.782. The number of aldehydes is 1. The van der Waals surface area contributed by atoms with Gasteiger partial charge in [0.25, 0.3) is 0 Å². The summed E-state index contributed by atoms with van der Waals surface area (Å²) in [4.78, 5) is 10.2. The maximum Gasteiger partial charge on any atom is 0.199 e. The fourth-order valence-corrected chi connectivity index (χ4v) is 1.80. The summed E-state index contributed by atoms with van der Waals surface area (Å²) in [6.45, 7) is 0.773. The predicted octanol–water partition coefficient (Wildman–Crippen LogP) is 2.80. The molecular weight excluding hydrogens is 216 g/mol. The Hall–Kier alpha value is -1.61. The number of hydrogen-bond donors (Lipinski definition) is 0. The van der Waals surface area contributed by atoms with Gasteiger partial charge in [-0.25, -0.2) is 0 Å². The van der Waals surface area contributed by atoms with Crippen molar-refractivity contribution >= 4 is 12.4 Å². The van der Waals surface area contributed by atoms with Gasteiger partial charge >= 0.3 is 0 Å². The minimum atomic E-state index is -0.131. The average molecular weight is 232 g/mol. The van der Waals surface area contributed by atoms with Crippen LogP contribution in [0.4, 0.5) is 0 Å². The van der Waals surface area contributed by atoms with Crippen molar-refractivity contribution in [3.8, 4) is 5.75 Å². The van der Waals surface area contributed by atoms with Crippen molar-refractivity contribution in [2.45, 2.75) is 25.6 Å². The van der Waals surface area contributed by atoms with Crippen molar-refractivity contribution in [1.82, 2.24) is 0 Å². The Morgan fingerprint density at radius 1 is 1.35 bits per heavy atom. The number of allylic oxidation sites excluding steroid dienone is 1. The highest BCUT2D eigenvalue weighted by Gasteiger charge is 2.14. The smallest absolute Gasteiger partial charge is 0.199 e.